The van der Waals surface area contributed by atoms with Crippen molar-refractivity contribution >= 4 is 27.3 Å². The molecule has 0 aliphatic carbocycles. The zero-order chi connectivity index (χ0) is 17.0. The van der Waals surface area contributed by atoms with Crippen LogP contribution in [-0.4, -0.2) is 28.5 Å². The van der Waals surface area contributed by atoms with Gasteiger partial charge < -0.3 is 10.1 Å². The highest BCUT2D eigenvalue weighted by molar-refractivity contribution is 7.93. The van der Waals surface area contributed by atoms with Crippen molar-refractivity contribution in [2.45, 2.75) is 11.8 Å². The van der Waals surface area contributed by atoms with Gasteiger partial charge in [0.1, 0.15) is 10.6 Å². The molecular formula is C16H18N2O4S. The van der Waals surface area contributed by atoms with Gasteiger partial charge in [0.05, 0.1) is 12.8 Å². The molecule has 0 unspecified atom stereocenters. The molecule has 1 N–H and O–H groups in total. The van der Waals surface area contributed by atoms with E-state index in [1.807, 2.05) is 6.07 Å². The SMILES string of the molecule is COc1ccc(NC(C)=O)cc1S(=O)(=O)N(C)c1ccccc1. The van der Waals surface area contributed by atoms with E-state index >= 15 is 0 Å². The third kappa shape index (κ3) is 3.62. The number of sulfonamides is 1. The summed E-state index contributed by atoms with van der Waals surface area (Å²) in [6, 6.07) is 13.2. The molecule has 0 heterocycles. The molecule has 0 radical (unpaired) electrons. The number of nitrogens with one attached hydrogen (secondary N) is 1. The molecule has 6 nitrogen and oxygen atoms in total. The van der Waals surface area contributed by atoms with E-state index in [1.54, 1.807) is 30.3 Å². The van der Waals surface area contributed by atoms with E-state index in [4.69, 9.17) is 4.74 Å². The molecule has 0 saturated carbocycles. The van der Waals surface area contributed by atoms with Gasteiger partial charge in [-0.2, -0.15) is 0 Å². The van der Waals surface area contributed by atoms with E-state index in [0.29, 0.717) is 11.4 Å². The van der Waals surface area contributed by atoms with Gasteiger partial charge in [0.15, 0.2) is 0 Å². The smallest absolute Gasteiger partial charge is 0.267 e. The lowest BCUT2D eigenvalue weighted by Crippen LogP contribution is -2.27. The maximum atomic E-state index is 12.9. The van der Waals surface area contributed by atoms with Crippen LogP contribution in [0.25, 0.3) is 0 Å². The van der Waals surface area contributed by atoms with Gasteiger partial charge in [0.2, 0.25) is 5.91 Å². The minimum absolute atomic E-state index is 0.0161. The summed E-state index contributed by atoms with van der Waals surface area (Å²) in [5.74, 6) is -0.0724. The van der Waals surface area contributed by atoms with Crippen molar-refractivity contribution < 1.29 is 17.9 Å². The van der Waals surface area contributed by atoms with Crippen LogP contribution >= 0.6 is 0 Å². The third-order valence-corrected chi connectivity index (χ3v) is 5.05. The Labute approximate surface area is 135 Å². The third-order valence-electron chi connectivity index (χ3n) is 3.24. The fourth-order valence-electron chi connectivity index (χ4n) is 2.08. The summed E-state index contributed by atoms with van der Waals surface area (Å²) in [5, 5.41) is 2.57. The predicted molar refractivity (Wildman–Crippen MR) is 89.3 cm³/mol. The van der Waals surface area contributed by atoms with Crippen molar-refractivity contribution in [3.05, 3.63) is 48.5 Å². The van der Waals surface area contributed by atoms with Gasteiger partial charge in [-0.3, -0.25) is 9.10 Å². The molecule has 0 fully saturated rings. The number of methoxy groups -OCH3 is 1. The zero-order valence-electron chi connectivity index (χ0n) is 13.1. The van der Waals surface area contributed by atoms with Gasteiger partial charge in [-0.1, -0.05) is 18.2 Å². The zero-order valence-corrected chi connectivity index (χ0v) is 13.9. The Morgan fingerprint density at radius 3 is 2.35 bits per heavy atom. The average molecular weight is 334 g/mol. The molecule has 122 valence electrons. The van der Waals surface area contributed by atoms with Gasteiger partial charge >= 0.3 is 0 Å². The Kier molecular flexibility index (Phi) is 4.90. The molecule has 7 heteroatoms. The van der Waals surface area contributed by atoms with Crippen molar-refractivity contribution in [3.63, 3.8) is 0 Å². The van der Waals surface area contributed by atoms with Crippen LogP contribution in [0.2, 0.25) is 0 Å². The topological polar surface area (TPSA) is 75.7 Å². The average Bonchev–Trinajstić information content (AvgIpc) is 2.54. The molecule has 2 aromatic rings. The molecule has 0 aliphatic rings. The van der Waals surface area contributed by atoms with Gasteiger partial charge in [0, 0.05) is 19.7 Å². The number of carbonyl (C=O) groups is 1. The van der Waals surface area contributed by atoms with Crippen molar-refractivity contribution in [2.75, 3.05) is 23.8 Å². The first-order valence-electron chi connectivity index (χ1n) is 6.86. The van der Waals surface area contributed by atoms with Crippen LogP contribution in [0.4, 0.5) is 11.4 Å². The Morgan fingerprint density at radius 2 is 1.78 bits per heavy atom. The number of carbonyl (C=O) groups excluding carboxylic acids is 1. The number of benzene rings is 2. The summed E-state index contributed by atoms with van der Waals surface area (Å²) in [7, 11) is -0.971. The molecule has 0 atom stereocenters. The van der Waals surface area contributed by atoms with E-state index in [2.05, 4.69) is 5.32 Å². The summed E-state index contributed by atoms with van der Waals surface area (Å²) in [5.41, 5.74) is 0.915. The summed E-state index contributed by atoms with van der Waals surface area (Å²) >= 11 is 0. The predicted octanol–water partition coefficient (Wildman–Crippen LogP) is 2.48. The Morgan fingerprint density at radius 1 is 1.13 bits per heavy atom. The minimum Gasteiger partial charge on any atom is -0.495 e. The van der Waals surface area contributed by atoms with Crippen LogP contribution in [0.3, 0.4) is 0 Å². The van der Waals surface area contributed by atoms with E-state index < -0.39 is 10.0 Å². The summed E-state index contributed by atoms with van der Waals surface area (Å²) < 4.78 is 32.1. The molecule has 1 amide bonds. The highest BCUT2D eigenvalue weighted by Crippen LogP contribution is 2.31. The van der Waals surface area contributed by atoms with Crippen LogP contribution in [0, 0.1) is 0 Å². The maximum Gasteiger partial charge on any atom is 0.267 e. The van der Waals surface area contributed by atoms with E-state index in [9.17, 15) is 13.2 Å². The first-order valence-corrected chi connectivity index (χ1v) is 8.30. The van der Waals surface area contributed by atoms with Crippen LogP contribution in [0.1, 0.15) is 6.92 Å². The van der Waals surface area contributed by atoms with Crippen LogP contribution in [0.15, 0.2) is 53.4 Å². The lowest BCUT2D eigenvalue weighted by atomic mass is 10.3. The molecular weight excluding hydrogens is 316 g/mol. The number of para-hydroxylation sites is 1. The van der Waals surface area contributed by atoms with Gasteiger partial charge in [-0.25, -0.2) is 8.42 Å². The Hall–Kier alpha value is -2.54. The molecule has 2 rings (SSSR count). The van der Waals surface area contributed by atoms with Gasteiger partial charge in [-0.15, -0.1) is 0 Å². The summed E-state index contributed by atoms with van der Waals surface area (Å²) in [6.07, 6.45) is 0. The number of anilines is 2. The molecule has 0 bridgehead atoms. The van der Waals surface area contributed by atoms with E-state index in [-0.39, 0.29) is 16.6 Å². The van der Waals surface area contributed by atoms with Crippen LogP contribution < -0.4 is 14.4 Å². The lowest BCUT2D eigenvalue weighted by molar-refractivity contribution is -0.114. The van der Waals surface area contributed by atoms with Gasteiger partial charge in [0.25, 0.3) is 10.0 Å². The maximum absolute atomic E-state index is 12.9. The second-order valence-corrected chi connectivity index (χ2v) is 6.79. The minimum atomic E-state index is -3.84. The second kappa shape index (κ2) is 6.70. The molecule has 0 aromatic heterocycles. The molecule has 0 spiro atoms. The number of hydrogen-bond acceptors (Lipinski definition) is 4. The van der Waals surface area contributed by atoms with Crippen molar-refractivity contribution in [1.29, 1.82) is 0 Å². The largest absolute Gasteiger partial charge is 0.495 e. The number of ether oxygens (including phenoxy) is 1. The number of nitrogens with zero attached hydrogens (tertiary/aromatic N) is 1. The number of hydrogen-bond donors (Lipinski definition) is 1. The number of amides is 1. The van der Waals surface area contributed by atoms with Crippen LogP contribution in [0.5, 0.6) is 5.75 Å². The number of rotatable bonds is 5. The summed E-state index contributed by atoms with van der Waals surface area (Å²) in [4.78, 5) is 11.2. The van der Waals surface area contributed by atoms with Crippen molar-refractivity contribution in [3.8, 4) is 5.75 Å². The molecule has 23 heavy (non-hydrogen) atoms. The Balaban J connectivity index is 2.51. The lowest BCUT2D eigenvalue weighted by Gasteiger charge is -2.21. The second-order valence-electron chi connectivity index (χ2n) is 4.85. The fourth-order valence-corrected chi connectivity index (χ4v) is 3.46. The fraction of sp³-hybridized carbons (Fsp3) is 0.188. The highest BCUT2D eigenvalue weighted by Gasteiger charge is 2.25. The normalized spacial score (nSPS) is 10.9. The van der Waals surface area contributed by atoms with E-state index in [1.165, 1.54) is 37.5 Å². The first-order chi connectivity index (χ1) is 10.9. The highest BCUT2D eigenvalue weighted by atomic mass is 32.2. The molecule has 0 aliphatic heterocycles. The first kappa shape index (κ1) is 16.8. The molecule has 2 aromatic carbocycles. The Bertz CT molecular complexity index is 804. The molecule has 0 saturated heterocycles. The quantitative estimate of drug-likeness (QED) is 0.911. The standard InChI is InChI=1S/C16H18N2O4S/c1-12(19)17-13-9-10-15(22-3)16(11-13)23(20,21)18(2)14-7-5-4-6-8-14/h4-11H,1-3H3,(H,17,19). The van der Waals surface area contributed by atoms with Crippen molar-refractivity contribution in [2.24, 2.45) is 0 Å². The summed E-state index contributed by atoms with van der Waals surface area (Å²) in [6.45, 7) is 1.36. The van der Waals surface area contributed by atoms with Gasteiger partial charge in [-0.05, 0) is 30.3 Å². The van der Waals surface area contributed by atoms with Crippen molar-refractivity contribution in [1.82, 2.24) is 0 Å². The monoisotopic (exact) mass is 334 g/mol. The van der Waals surface area contributed by atoms with Crippen LogP contribution in [-0.2, 0) is 14.8 Å². The van der Waals surface area contributed by atoms with E-state index in [0.717, 1.165) is 0 Å².